The van der Waals surface area contributed by atoms with Crippen LogP contribution in [0.1, 0.15) is 23.7 Å². The van der Waals surface area contributed by atoms with Crippen molar-refractivity contribution in [3.05, 3.63) is 52.2 Å². The van der Waals surface area contributed by atoms with E-state index in [9.17, 15) is 0 Å². The zero-order valence-corrected chi connectivity index (χ0v) is 12.8. The summed E-state index contributed by atoms with van der Waals surface area (Å²) in [6.45, 7) is 7.62. The van der Waals surface area contributed by atoms with Crippen molar-refractivity contribution in [2.24, 2.45) is 0 Å². The monoisotopic (exact) mass is 290 g/mol. The molecule has 0 radical (unpaired) electrons. The zero-order chi connectivity index (χ0) is 14.5. The maximum Gasteiger partial charge on any atom is 0.219 e. The fourth-order valence-corrected chi connectivity index (χ4v) is 1.99. The lowest BCUT2D eigenvalue weighted by Gasteiger charge is -2.11. The van der Waals surface area contributed by atoms with Crippen LogP contribution in [0.15, 0.2) is 30.3 Å². The van der Waals surface area contributed by atoms with E-state index in [0.717, 1.165) is 29.1 Å². The van der Waals surface area contributed by atoms with Crippen molar-refractivity contribution in [2.75, 3.05) is 6.54 Å². The van der Waals surface area contributed by atoms with Crippen LogP contribution < -0.4 is 10.1 Å². The number of benzene rings is 1. The van der Waals surface area contributed by atoms with Gasteiger partial charge in [-0.3, -0.25) is 0 Å². The van der Waals surface area contributed by atoms with E-state index >= 15 is 0 Å². The molecule has 0 amide bonds. The SMILES string of the molecule is CCNCc1nc(Oc2cc(C)ccc2C)ccc1Cl. The van der Waals surface area contributed by atoms with Crippen LogP contribution in [0, 0.1) is 13.8 Å². The standard InChI is InChI=1S/C16H19ClN2O/c1-4-18-10-14-13(17)7-8-16(19-14)20-15-9-11(2)5-6-12(15)3/h5-9,18H,4,10H2,1-3H3. The molecule has 0 aliphatic heterocycles. The second-order valence-corrected chi connectivity index (χ2v) is 5.14. The predicted octanol–water partition coefficient (Wildman–Crippen LogP) is 4.25. The number of aryl methyl sites for hydroxylation is 2. The Morgan fingerprint density at radius 3 is 2.75 bits per heavy atom. The van der Waals surface area contributed by atoms with Gasteiger partial charge in [-0.2, -0.15) is 0 Å². The van der Waals surface area contributed by atoms with Gasteiger partial charge < -0.3 is 10.1 Å². The fraction of sp³-hybridized carbons (Fsp3) is 0.312. The van der Waals surface area contributed by atoms with Gasteiger partial charge in [0.05, 0.1) is 10.7 Å². The Hall–Kier alpha value is -1.58. The quantitative estimate of drug-likeness (QED) is 0.894. The van der Waals surface area contributed by atoms with E-state index in [-0.39, 0.29) is 0 Å². The molecule has 0 saturated heterocycles. The van der Waals surface area contributed by atoms with E-state index < -0.39 is 0 Å². The maximum absolute atomic E-state index is 6.13. The first kappa shape index (κ1) is 14.8. The van der Waals surface area contributed by atoms with Gasteiger partial charge >= 0.3 is 0 Å². The minimum absolute atomic E-state index is 0.566. The number of aromatic nitrogens is 1. The lowest BCUT2D eigenvalue weighted by molar-refractivity contribution is 0.456. The first-order chi connectivity index (χ1) is 9.60. The smallest absolute Gasteiger partial charge is 0.219 e. The second kappa shape index (κ2) is 6.73. The van der Waals surface area contributed by atoms with Crippen molar-refractivity contribution < 1.29 is 4.74 Å². The van der Waals surface area contributed by atoms with Crippen LogP contribution in [-0.4, -0.2) is 11.5 Å². The topological polar surface area (TPSA) is 34.2 Å². The molecule has 106 valence electrons. The lowest BCUT2D eigenvalue weighted by atomic mass is 10.1. The Kier molecular flexibility index (Phi) is 4.99. The molecule has 1 aromatic heterocycles. The van der Waals surface area contributed by atoms with Gasteiger partial charge in [0.15, 0.2) is 0 Å². The number of hydrogen-bond acceptors (Lipinski definition) is 3. The lowest BCUT2D eigenvalue weighted by Crippen LogP contribution is -2.13. The summed E-state index contributed by atoms with van der Waals surface area (Å²) >= 11 is 6.13. The third-order valence-corrected chi connectivity index (χ3v) is 3.34. The molecule has 1 aromatic carbocycles. The van der Waals surface area contributed by atoms with E-state index in [4.69, 9.17) is 16.3 Å². The third kappa shape index (κ3) is 3.71. The van der Waals surface area contributed by atoms with Gasteiger partial charge in [-0.1, -0.05) is 30.7 Å². The van der Waals surface area contributed by atoms with Crippen LogP contribution in [0.4, 0.5) is 0 Å². The zero-order valence-electron chi connectivity index (χ0n) is 12.0. The van der Waals surface area contributed by atoms with E-state index in [2.05, 4.69) is 16.4 Å². The Morgan fingerprint density at radius 2 is 2.00 bits per heavy atom. The summed E-state index contributed by atoms with van der Waals surface area (Å²) in [7, 11) is 0. The molecule has 0 fully saturated rings. The maximum atomic E-state index is 6.13. The number of hydrogen-bond donors (Lipinski definition) is 1. The molecular formula is C16H19ClN2O. The summed E-state index contributed by atoms with van der Waals surface area (Å²) in [5.74, 6) is 1.39. The molecule has 0 unspecified atom stereocenters. The molecular weight excluding hydrogens is 272 g/mol. The van der Waals surface area contributed by atoms with E-state index in [0.29, 0.717) is 17.4 Å². The molecule has 0 aliphatic carbocycles. The molecule has 0 bridgehead atoms. The highest BCUT2D eigenvalue weighted by Crippen LogP contribution is 2.26. The van der Waals surface area contributed by atoms with E-state index in [1.54, 1.807) is 6.07 Å². The highest BCUT2D eigenvalue weighted by Gasteiger charge is 2.07. The van der Waals surface area contributed by atoms with Gasteiger partial charge in [-0.25, -0.2) is 4.98 Å². The Morgan fingerprint density at radius 1 is 1.20 bits per heavy atom. The van der Waals surface area contributed by atoms with Gasteiger partial charge in [0.2, 0.25) is 5.88 Å². The second-order valence-electron chi connectivity index (χ2n) is 4.73. The van der Waals surface area contributed by atoms with Crippen molar-refractivity contribution in [3.63, 3.8) is 0 Å². The number of nitrogens with one attached hydrogen (secondary N) is 1. The van der Waals surface area contributed by atoms with Gasteiger partial charge in [-0.15, -0.1) is 0 Å². The predicted molar refractivity (Wildman–Crippen MR) is 82.6 cm³/mol. The summed E-state index contributed by atoms with van der Waals surface area (Å²) in [5.41, 5.74) is 3.05. The number of ether oxygens (including phenoxy) is 1. The molecule has 0 atom stereocenters. The summed E-state index contributed by atoms with van der Waals surface area (Å²) in [6.07, 6.45) is 0. The average Bonchev–Trinajstić information content (AvgIpc) is 2.43. The van der Waals surface area contributed by atoms with Crippen LogP contribution in [-0.2, 0) is 6.54 Å². The van der Waals surface area contributed by atoms with Crippen LogP contribution >= 0.6 is 11.6 Å². The highest BCUT2D eigenvalue weighted by molar-refractivity contribution is 6.31. The van der Waals surface area contributed by atoms with Gasteiger partial charge in [0.25, 0.3) is 0 Å². The van der Waals surface area contributed by atoms with Crippen LogP contribution in [0.3, 0.4) is 0 Å². The van der Waals surface area contributed by atoms with Crippen molar-refractivity contribution in [2.45, 2.75) is 27.3 Å². The van der Waals surface area contributed by atoms with E-state index in [1.807, 2.05) is 39.0 Å². The first-order valence-corrected chi connectivity index (χ1v) is 7.09. The molecule has 0 spiro atoms. The average molecular weight is 291 g/mol. The molecule has 0 saturated carbocycles. The number of pyridine rings is 1. The molecule has 0 aliphatic rings. The minimum atomic E-state index is 0.566. The van der Waals surface area contributed by atoms with Crippen LogP contribution in [0.5, 0.6) is 11.6 Å². The summed E-state index contributed by atoms with van der Waals surface area (Å²) < 4.78 is 5.87. The number of halogens is 1. The fourth-order valence-electron chi connectivity index (χ4n) is 1.82. The highest BCUT2D eigenvalue weighted by atomic mass is 35.5. The Labute approximate surface area is 124 Å². The summed E-state index contributed by atoms with van der Waals surface area (Å²) in [4.78, 5) is 4.46. The Balaban J connectivity index is 2.22. The number of nitrogens with zero attached hydrogens (tertiary/aromatic N) is 1. The van der Waals surface area contributed by atoms with Crippen molar-refractivity contribution >= 4 is 11.6 Å². The van der Waals surface area contributed by atoms with Crippen molar-refractivity contribution in [1.82, 2.24) is 10.3 Å². The first-order valence-electron chi connectivity index (χ1n) is 6.71. The van der Waals surface area contributed by atoms with Gasteiger partial charge in [0.1, 0.15) is 5.75 Å². The largest absolute Gasteiger partial charge is 0.439 e. The summed E-state index contributed by atoms with van der Waals surface area (Å²) in [5, 5.41) is 3.87. The molecule has 20 heavy (non-hydrogen) atoms. The molecule has 2 aromatic rings. The molecule has 2 rings (SSSR count). The van der Waals surface area contributed by atoms with Crippen LogP contribution in [0.2, 0.25) is 5.02 Å². The summed E-state index contributed by atoms with van der Waals surface area (Å²) in [6, 6.07) is 9.73. The normalized spacial score (nSPS) is 10.6. The molecule has 1 heterocycles. The Bertz CT molecular complexity index is 599. The molecule has 1 N–H and O–H groups in total. The van der Waals surface area contributed by atoms with Crippen molar-refractivity contribution in [3.8, 4) is 11.6 Å². The third-order valence-electron chi connectivity index (χ3n) is 2.99. The van der Waals surface area contributed by atoms with Gasteiger partial charge in [0, 0.05) is 12.6 Å². The van der Waals surface area contributed by atoms with Gasteiger partial charge in [-0.05, 0) is 43.7 Å². The number of rotatable bonds is 5. The molecule has 4 heteroatoms. The van der Waals surface area contributed by atoms with E-state index in [1.165, 1.54) is 0 Å². The van der Waals surface area contributed by atoms with Crippen LogP contribution in [0.25, 0.3) is 0 Å². The molecule has 3 nitrogen and oxygen atoms in total. The minimum Gasteiger partial charge on any atom is -0.439 e. The van der Waals surface area contributed by atoms with Crippen molar-refractivity contribution in [1.29, 1.82) is 0 Å².